The summed E-state index contributed by atoms with van der Waals surface area (Å²) in [5.41, 5.74) is 4.49. The van der Waals surface area contributed by atoms with E-state index in [9.17, 15) is 9.59 Å². The van der Waals surface area contributed by atoms with Gasteiger partial charge in [-0.1, -0.05) is 54.3 Å². The lowest BCUT2D eigenvalue weighted by Crippen LogP contribution is -2.27. The number of hydrogen-bond donors (Lipinski definition) is 1. The zero-order chi connectivity index (χ0) is 25.9. The number of amides is 2. The van der Waals surface area contributed by atoms with E-state index in [2.05, 4.69) is 5.32 Å². The SMILES string of the molecule is Cc1ccc(C)c(NC(=O)COc2cccc(/C=C3\SC(=S)N(Cc4ccc5c(c4)OCO5)C3=O)c2)c1. The first kappa shape index (κ1) is 24.9. The van der Waals surface area contributed by atoms with Gasteiger partial charge in [-0.15, -0.1) is 0 Å². The summed E-state index contributed by atoms with van der Waals surface area (Å²) in [6, 6.07) is 18.7. The van der Waals surface area contributed by atoms with Crippen molar-refractivity contribution in [3.63, 3.8) is 0 Å². The summed E-state index contributed by atoms with van der Waals surface area (Å²) in [5, 5.41) is 2.89. The molecular formula is C28H24N2O5S2. The van der Waals surface area contributed by atoms with Gasteiger partial charge in [0, 0.05) is 5.69 Å². The van der Waals surface area contributed by atoms with Crippen LogP contribution in [0.1, 0.15) is 22.3 Å². The fourth-order valence-corrected chi connectivity index (χ4v) is 5.16. The van der Waals surface area contributed by atoms with Crippen molar-refractivity contribution < 1.29 is 23.8 Å². The number of hydrogen-bond acceptors (Lipinski definition) is 7. The Kier molecular flexibility index (Phi) is 7.16. The molecule has 2 aliphatic heterocycles. The molecule has 2 aliphatic rings. The molecule has 37 heavy (non-hydrogen) atoms. The molecule has 9 heteroatoms. The number of thiocarbonyl (C=S) groups is 1. The quantitative estimate of drug-likeness (QED) is 0.320. The standard InChI is InChI=1S/C28H24N2O5S2/c1-17-6-7-18(2)22(10-17)29-26(31)15-33-21-5-3-4-19(11-21)13-25-27(32)30(28(36)37-25)14-20-8-9-23-24(12-20)35-16-34-23/h3-13H,14-16H2,1-2H3,(H,29,31)/b25-13-. The predicted molar refractivity (Wildman–Crippen MR) is 148 cm³/mol. The number of thioether (sulfide) groups is 1. The molecule has 0 spiro atoms. The number of anilines is 1. The van der Waals surface area contributed by atoms with Gasteiger partial charge >= 0.3 is 0 Å². The van der Waals surface area contributed by atoms with E-state index in [4.69, 9.17) is 26.4 Å². The van der Waals surface area contributed by atoms with Crippen LogP contribution in [0, 0.1) is 13.8 Å². The van der Waals surface area contributed by atoms with Gasteiger partial charge in [0.25, 0.3) is 11.8 Å². The molecule has 188 valence electrons. The molecule has 0 saturated carbocycles. The second kappa shape index (κ2) is 10.7. The van der Waals surface area contributed by atoms with Crippen LogP contribution in [0.3, 0.4) is 0 Å². The average Bonchev–Trinajstić information content (AvgIpc) is 3.45. The van der Waals surface area contributed by atoms with Gasteiger partial charge in [-0.05, 0) is 72.5 Å². The molecule has 3 aromatic rings. The zero-order valence-corrected chi connectivity index (χ0v) is 21.9. The molecule has 5 rings (SSSR count). The molecule has 1 saturated heterocycles. The van der Waals surface area contributed by atoms with Crippen molar-refractivity contribution in [3.05, 3.63) is 87.8 Å². The number of fused-ring (bicyclic) bond motifs is 1. The molecular weight excluding hydrogens is 508 g/mol. The molecule has 2 heterocycles. The highest BCUT2D eigenvalue weighted by atomic mass is 32.2. The third-order valence-electron chi connectivity index (χ3n) is 5.84. The van der Waals surface area contributed by atoms with Crippen LogP contribution in [0.4, 0.5) is 5.69 Å². The lowest BCUT2D eigenvalue weighted by Gasteiger charge is -2.14. The van der Waals surface area contributed by atoms with E-state index >= 15 is 0 Å². The van der Waals surface area contributed by atoms with Gasteiger partial charge in [0.2, 0.25) is 6.79 Å². The van der Waals surface area contributed by atoms with Crippen molar-refractivity contribution in [3.8, 4) is 17.2 Å². The van der Waals surface area contributed by atoms with Gasteiger partial charge in [-0.2, -0.15) is 0 Å². The number of carbonyl (C=O) groups excluding carboxylic acids is 2. The number of nitrogens with one attached hydrogen (secondary N) is 1. The third kappa shape index (κ3) is 5.79. The normalized spacial score (nSPS) is 15.4. The van der Waals surface area contributed by atoms with Gasteiger partial charge in [-0.3, -0.25) is 14.5 Å². The molecule has 0 aromatic heterocycles. The summed E-state index contributed by atoms with van der Waals surface area (Å²) >= 11 is 6.74. The van der Waals surface area contributed by atoms with Gasteiger partial charge in [0.1, 0.15) is 10.1 Å². The Labute approximate surface area is 224 Å². The topological polar surface area (TPSA) is 77.1 Å². The maximum atomic E-state index is 13.1. The first-order valence-electron chi connectivity index (χ1n) is 11.6. The number of rotatable bonds is 7. The Morgan fingerprint density at radius 1 is 1.11 bits per heavy atom. The molecule has 1 N–H and O–H groups in total. The number of aryl methyl sites for hydroxylation is 2. The van der Waals surface area contributed by atoms with Crippen LogP contribution in [-0.2, 0) is 16.1 Å². The Hall–Kier alpha value is -3.82. The van der Waals surface area contributed by atoms with E-state index in [1.54, 1.807) is 23.1 Å². The van der Waals surface area contributed by atoms with E-state index in [0.717, 1.165) is 27.9 Å². The molecule has 2 amide bonds. The van der Waals surface area contributed by atoms with Crippen LogP contribution in [0.2, 0.25) is 0 Å². The summed E-state index contributed by atoms with van der Waals surface area (Å²) in [6.07, 6.45) is 1.78. The van der Waals surface area contributed by atoms with E-state index in [0.29, 0.717) is 33.0 Å². The Bertz CT molecular complexity index is 1440. The Morgan fingerprint density at radius 2 is 1.95 bits per heavy atom. The molecule has 0 unspecified atom stereocenters. The van der Waals surface area contributed by atoms with Crippen LogP contribution >= 0.6 is 24.0 Å². The van der Waals surface area contributed by atoms with E-state index in [1.807, 2.05) is 62.4 Å². The van der Waals surface area contributed by atoms with Gasteiger partial charge < -0.3 is 19.5 Å². The van der Waals surface area contributed by atoms with Crippen LogP contribution in [0.25, 0.3) is 6.08 Å². The number of nitrogens with zero attached hydrogens (tertiary/aromatic N) is 1. The highest BCUT2D eigenvalue weighted by Gasteiger charge is 2.32. The van der Waals surface area contributed by atoms with E-state index in [-0.39, 0.29) is 25.2 Å². The second-order valence-electron chi connectivity index (χ2n) is 8.68. The van der Waals surface area contributed by atoms with E-state index < -0.39 is 0 Å². The summed E-state index contributed by atoms with van der Waals surface area (Å²) < 4.78 is 17.0. The van der Waals surface area contributed by atoms with Crippen molar-refractivity contribution in [1.82, 2.24) is 4.90 Å². The predicted octanol–water partition coefficient (Wildman–Crippen LogP) is 5.45. The van der Waals surface area contributed by atoms with Crippen molar-refractivity contribution >= 4 is 51.9 Å². The largest absolute Gasteiger partial charge is 0.484 e. The van der Waals surface area contributed by atoms with E-state index in [1.165, 1.54) is 11.8 Å². The van der Waals surface area contributed by atoms with Gasteiger partial charge in [0.15, 0.2) is 18.1 Å². The summed E-state index contributed by atoms with van der Waals surface area (Å²) in [5.74, 6) is 1.48. The van der Waals surface area contributed by atoms with Crippen LogP contribution in [0.5, 0.6) is 17.2 Å². The Balaban J connectivity index is 1.22. The maximum absolute atomic E-state index is 13.1. The molecule has 0 bridgehead atoms. The first-order chi connectivity index (χ1) is 17.9. The maximum Gasteiger partial charge on any atom is 0.266 e. The smallest absolute Gasteiger partial charge is 0.266 e. The highest BCUT2D eigenvalue weighted by Crippen LogP contribution is 2.36. The van der Waals surface area contributed by atoms with Crippen molar-refractivity contribution in [1.29, 1.82) is 0 Å². The van der Waals surface area contributed by atoms with Gasteiger partial charge in [0.05, 0.1) is 11.4 Å². The highest BCUT2D eigenvalue weighted by molar-refractivity contribution is 8.26. The van der Waals surface area contributed by atoms with Crippen LogP contribution < -0.4 is 19.5 Å². The van der Waals surface area contributed by atoms with Crippen molar-refractivity contribution in [2.45, 2.75) is 20.4 Å². The molecule has 1 fully saturated rings. The lowest BCUT2D eigenvalue weighted by atomic mass is 10.1. The molecule has 0 aliphatic carbocycles. The zero-order valence-electron chi connectivity index (χ0n) is 20.3. The number of benzene rings is 3. The minimum Gasteiger partial charge on any atom is -0.484 e. The monoisotopic (exact) mass is 532 g/mol. The van der Waals surface area contributed by atoms with Gasteiger partial charge in [-0.25, -0.2) is 0 Å². The Morgan fingerprint density at radius 3 is 2.81 bits per heavy atom. The summed E-state index contributed by atoms with van der Waals surface area (Å²) in [4.78, 5) is 27.6. The molecule has 7 nitrogen and oxygen atoms in total. The number of carbonyl (C=O) groups is 2. The minimum atomic E-state index is -0.247. The third-order valence-corrected chi connectivity index (χ3v) is 7.22. The second-order valence-corrected chi connectivity index (χ2v) is 10.4. The van der Waals surface area contributed by atoms with Crippen LogP contribution in [0.15, 0.2) is 65.6 Å². The summed E-state index contributed by atoms with van der Waals surface area (Å²) in [7, 11) is 0. The molecule has 3 aromatic carbocycles. The molecule has 0 atom stereocenters. The minimum absolute atomic E-state index is 0.130. The van der Waals surface area contributed by atoms with Crippen molar-refractivity contribution in [2.24, 2.45) is 0 Å². The summed E-state index contributed by atoms with van der Waals surface area (Å²) in [6.45, 7) is 4.33. The number of ether oxygens (including phenoxy) is 3. The van der Waals surface area contributed by atoms with Crippen molar-refractivity contribution in [2.75, 3.05) is 18.7 Å². The fraction of sp³-hybridized carbons (Fsp3) is 0.179. The average molecular weight is 533 g/mol. The first-order valence-corrected chi connectivity index (χ1v) is 12.8. The lowest BCUT2D eigenvalue weighted by molar-refractivity contribution is -0.122. The molecule has 0 radical (unpaired) electrons. The van der Waals surface area contributed by atoms with Crippen LogP contribution in [-0.4, -0.2) is 34.4 Å². The fourth-order valence-electron chi connectivity index (χ4n) is 3.91.